The summed E-state index contributed by atoms with van der Waals surface area (Å²) in [5.74, 6) is 0.0489. The van der Waals surface area contributed by atoms with Gasteiger partial charge >= 0.3 is 29.6 Å². The van der Waals surface area contributed by atoms with E-state index in [9.17, 15) is 13.0 Å². The van der Waals surface area contributed by atoms with Crippen LogP contribution >= 0.6 is 0 Å². The van der Waals surface area contributed by atoms with Crippen LogP contribution in [-0.2, 0) is 14.6 Å². The summed E-state index contributed by atoms with van der Waals surface area (Å²) in [6.45, 7) is 5.97. The second-order valence-corrected chi connectivity index (χ2v) is 6.91. The van der Waals surface area contributed by atoms with Gasteiger partial charge in [0.15, 0.2) is 0 Å². The van der Waals surface area contributed by atoms with Crippen LogP contribution in [0.4, 0.5) is 0 Å². The molecule has 1 unspecified atom stereocenters. The van der Waals surface area contributed by atoms with E-state index in [0.717, 1.165) is 12.8 Å². The molecule has 122 valence electrons. The summed E-state index contributed by atoms with van der Waals surface area (Å²) in [7, 11) is -4.58. The van der Waals surface area contributed by atoms with Crippen LogP contribution in [0.2, 0.25) is 0 Å². The second kappa shape index (κ2) is 14.5. The first-order chi connectivity index (χ1) is 9.37. The molecule has 0 aromatic heterocycles. The van der Waals surface area contributed by atoms with Gasteiger partial charge in [0.05, 0.1) is 6.10 Å². The monoisotopic (exact) mass is 330 g/mol. The molecule has 0 bridgehead atoms. The summed E-state index contributed by atoms with van der Waals surface area (Å²) in [6, 6.07) is 0. The van der Waals surface area contributed by atoms with Crippen molar-refractivity contribution in [2.45, 2.75) is 91.1 Å². The van der Waals surface area contributed by atoms with Crippen LogP contribution in [0.3, 0.4) is 0 Å². The first-order valence-corrected chi connectivity index (χ1v) is 9.34. The normalized spacial score (nSPS) is 13.2. The molecule has 0 aliphatic heterocycles. The predicted octanol–water partition coefficient (Wildman–Crippen LogP) is 1.41. The van der Waals surface area contributed by atoms with Crippen molar-refractivity contribution in [1.82, 2.24) is 0 Å². The SMILES string of the molecule is CCCCCCCCCCCC(OS(=O)(=O)[O-])C(C)C.[Na+]. The van der Waals surface area contributed by atoms with Gasteiger partial charge in [-0.1, -0.05) is 78.6 Å². The van der Waals surface area contributed by atoms with Gasteiger partial charge in [-0.15, -0.1) is 0 Å². The molecule has 0 radical (unpaired) electrons. The molecule has 1 atom stereocenters. The molecule has 0 aromatic rings. The first kappa shape index (κ1) is 24.1. The average Bonchev–Trinajstić information content (AvgIpc) is 2.33. The fraction of sp³-hybridized carbons (Fsp3) is 1.00. The molecular weight excluding hydrogens is 299 g/mol. The van der Waals surface area contributed by atoms with Gasteiger partial charge in [0.1, 0.15) is 0 Å². The summed E-state index contributed by atoms with van der Waals surface area (Å²) >= 11 is 0. The van der Waals surface area contributed by atoms with Crippen molar-refractivity contribution in [3.8, 4) is 0 Å². The Labute approximate surface area is 153 Å². The van der Waals surface area contributed by atoms with Crippen molar-refractivity contribution in [2.75, 3.05) is 0 Å². The Kier molecular flexibility index (Phi) is 16.6. The molecule has 21 heavy (non-hydrogen) atoms. The number of unbranched alkanes of at least 4 members (excludes halogenated alkanes) is 8. The van der Waals surface area contributed by atoms with Crippen LogP contribution in [-0.4, -0.2) is 19.1 Å². The fourth-order valence-corrected chi connectivity index (χ4v) is 2.92. The third-order valence-corrected chi connectivity index (χ3v) is 4.06. The Morgan fingerprint density at radius 1 is 0.905 bits per heavy atom. The van der Waals surface area contributed by atoms with Crippen LogP contribution in [0.15, 0.2) is 0 Å². The summed E-state index contributed by atoms with van der Waals surface area (Å²) in [5, 5.41) is 0. The molecule has 0 aliphatic carbocycles. The van der Waals surface area contributed by atoms with E-state index in [1.54, 1.807) is 0 Å². The van der Waals surface area contributed by atoms with E-state index >= 15 is 0 Å². The Balaban J connectivity index is 0. The van der Waals surface area contributed by atoms with Crippen LogP contribution < -0.4 is 29.6 Å². The first-order valence-electron chi connectivity index (χ1n) is 8.01. The smallest absolute Gasteiger partial charge is 0.726 e. The van der Waals surface area contributed by atoms with Gasteiger partial charge in [-0.2, -0.15) is 0 Å². The van der Waals surface area contributed by atoms with Crippen molar-refractivity contribution >= 4 is 10.4 Å². The maximum absolute atomic E-state index is 10.6. The van der Waals surface area contributed by atoms with Crippen molar-refractivity contribution in [3.05, 3.63) is 0 Å². The topological polar surface area (TPSA) is 66.4 Å². The van der Waals surface area contributed by atoms with Crippen molar-refractivity contribution < 1.29 is 46.7 Å². The van der Waals surface area contributed by atoms with Gasteiger partial charge in [0.2, 0.25) is 10.4 Å². The molecule has 0 heterocycles. The zero-order valence-corrected chi connectivity index (χ0v) is 17.1. The summed E-state index contributed by atoms with van der Waals surface area (Å²) < 4.78 is 36.5. The van der Waals surface area contributed by atoms with Crippen molar-refractivity contribution in [1.29, 1.82) is 0 Å². The Morgan fingerprint density at radius 3 is 1.71 bits per heavy atom. The molecule has 0 amide bonds. The van der Waals surface area contributed by atoms with E-state index in [-0.39, 0.29) is 35.5 Å². The third-order valence-electron chi connectivity index (χ3n) is 3.58. The van der Waals surface area contributed by atoms with Crippen molar-refractivity contribution in [3.63, 3.8) is 0 Å². The third kappa shape index (κ3) is 17.1. The average molecular weight is 330 g/mol. The van der Waals surface area contributed by atoms with Crippen LogP contribution in [0.25, 0.3) is 0 Å². The van der Waals surface area contributed by atoms with E-state index in [4.69, 9.17) is 0 Å². The molecule has 6 heteroatoms. The van der Waals surface area contributed by atoms with E-state index in [0.29, 0.717) is 6.42 Å². The zero-order chi connectivity index (χ0) is 15.4. The Morgan fingerprint density at radius 2 is 1.33 bits per heavy atom. The molecule has 0 saturated heterocycles. The zero-order valence-electron chi connectivity index (χ0n) is 14.3. The molecule has 0 fully saturated rings. The molecule has 0 aromatic carbocycles. The molecule has 0 rings (SSSR count). The van der Waals surface area contributed by atoms with Crippen LogP contribution in [0.5, 0.6) is 0 Å². The van der Waals surface area contributed by atoms with E-state index in [1.165, 1.54) is 44.9 Å². The number of rotatable bonds is 13. The maximum atomic E-state index is 10.6. The molecule has 0 aliphatic rings. The van der Waals surface area contributed by atoms with Gasteiger partial charge < -0.3 is 4.55 Å². The van der Waals surface area contributed by atoms with Gasteiger partial charge in [-0.3, -0.25) is 4.18 Å². The minimum Gasteiger partial charge on any atom is -0.726 e. The predicted molar refractivity (Wildman–Crippen MR) is 81.3 cm³/mol. The number of hydrogen-bond donors (Lipinski definition) is 0. The largest absolute Gasteiger partial charge is 1.00 e. The minimum absolute atomic E-state index is 0. The summed E-state index contributed by atoms with van der Waals surface area (Å²) in [4.78, 5) is 0. The fourth-order valence-electron chi connectivity index (χ4n) is 2.30. The Hall–Kier alpha value is 0.870. The van der Waals surface area contributed by atoms with Gasteiger partial charge in [0.25, 0.3) is 0 Å². The van der Waals surface area contributed by atoms with Crippen LogP contribution in [0, 0.1) is 5.92 Å². The Bertz CT molecular complexity index is 318. The van der Waals surface area contributed by atoms with E-state index in [1.807, 2.05) is 13.8 Å². The summed E-state index contributed by atoms with van der Waals surface area (Å²) in [5.41, 5.74) is 0. The van der Waals surface area contributed by atoms with E-state index < -0.39 is 16.5 Å². The molecule has 0 spiro atoms. The number of hydrogen-bond acceptors (Lipinski definition) is 4. The van der Waals surface area contributed by atoms with Crippen LogP contribution in [0.1, 0.15) is 85.0 Å². The van der Waals surface area contributed by atoms with E-state index in [2.05, 4.69) is 11.1 Å². The van der Waals surface area contributed by atoms with Crippen molar-refractivity contribution in [2.24, 2.45) is 5.92 Å². The quantitative estimate of drug-likeness (QED) is 0.222. The molecule has 0 saturated carbocycles. The maximum Gasteiger partial charge on any atom is 1.00 e. The second-order valence-electron chi connectivity index (χ2n) is 5.90. The molecular formula is C15H31NaO4S. The van der Waals surface area contributed by atoms with Gasteiger partial charge in [-0.05, 0) is 12.3 Å². The van der Waals surface area contributed by atoms with Gasteiger partial charge in [0, 0.05) is 0 Å². The standard InChI is InChI=1S/C15H32O4S.Na/c1-4-5-6-7-8-9-10-11-12-13-15(14(2)3)19-20(16,17)18;/h14-15H,4-13H2,1-3H3,(H,16,17,18);/q;+1/p-1. The minimum atomic E-state index is -4.58. The molecule has 0 N–H and O–H groups in total. The van der Waals surface area contributed by atoms with Gasteiger partial charge in [-0.25, -0.2) is 8.42 Å². The summed E-state index contributed by atoms with van der Waals surface area (Å²) in [6.07, 6.45) is 11.2. The molecule has 4 nitrogen and oxygen atoms in total.